The Hall–Kier alpha value is -2.46. The van der Waals surface area contributed by atoms with Crippen molar-refractivity contribution in [2.45, 2.75) is 6.92 Å². The van der Waals surface area contributed by atoms with E-state index in [9.17, 15) is 0 Å². The van der Waals surface area contributed by atoms with Crippen molar-refractivity contribution in [2.75, 3.05) is 5.32 Å². The van der Waals surface area contributed by atoms with Gasteiger partial charge in [0.05, 0.1) is 5.69 Å². The van der Waals surface area contributed by atoms with Crippen LogP contribution in [0.25, 0.3) is 11.3 Å². The van der Waals surface area contributed by atoms with Gasteiger partial charge in [-0.15, -0.1) is 0 Å². The van der Waals surface area contributed by atoms with Gasteiger partial charge in [-0.25, -0.2) is 15.0 Å². The first kappa shape index (κ1) is 13.5. The third kappa shape index (κ3) is 3.35. The second-order valence-corrected chi connectivity index (χ2v) is 5.01. The maximum absolute atomic E-state index is 5.91. The van der Waals surface area contributed by atoms with E-state index in [-0.39, 0.29) is 0 Å². The minimum absolute atomic E-state index is 0.444. The van der Waals surface area contributed by atoms with Crippen molar-refractivity contribution in [3.63, 3.8) is 0 Å². The molecule has 0 bridgehead atoms. The van der Waals surface area contributed by atoms with E-state index >= 15 is 0 Å². The number of hydrogen-bond acceptors (Lipinski definition) is 4. The average Bonchev–Trinajstić information content (AvgIpc) is 2.47. The van der Waals surface area contributed by atoms with Crippen molar-refractivity contribution < 1.29 is 0 Å². The fraction of sp³-hybridized carbons (Fsp3) is 0.0625. The Bertz CT molecular complexity index is 773. The highest BCUT2D eigenvalue weighted by Gasteiger charge is 2.04. The summed E-state index contributed by atoms with van der Waals surface area (Å²) in [7, 11) is 0. The molecule has 5 heteroatoms. The van der Waals surface area contributed by atoms with Crippen LogP contribution in [0.2, 0.25) is 5.15 Å². The van der Waals surface area contributed by atoms with Crippen molar-refractivity contribution in [1.29, 1.82) is 0 Å². The lowest BCUT2D eigenvalue weighted by atomic mass is 10.2. The molecule has 0 aliphatic rings. The number of aromatic nitrogens is 3. The number of anilines is 2. The average molecular weight is 297 g/mol. The Morgan fingerprint density at radius 1 is 1.00 bits per heavy atom. The first-order valence-corrected chi connectivity index (χ1v) is 6.87. The van der Waals surface area contributed by atoms with Gasteiger partial charge in [-0.2, -0.15) is 0 Å². The lowest BCUT2D eigenvalue weighted by Crippen LogP contribution is -1.98. The van der Waals surface area contributed by atoms with Crippen molar-refractivity contribution in [1.82, 2.24) is 15.0 Å². The minimum Gasteiger partial charge on any atom is -0.324 e. The molecule has 2 heterocycles. The van der Waals surface area contributed by atoms with E-state index < -0.39 is 0 Å². The summed E-state index contributed by atoms with van der Waals surface area (Å²) in [5.41, 5.74) is 3.84. The molecule has 0 saturated carbocycles. The summed E-state index contributed by atoms with van der Waals surface area (Å²) in [5, 5.41) is 3.64. The Kier molecular flexibility index (Phi) is 3.79. The summed E-state index contributed by atoms with van der Waals surface area (Å²) in [6.07, 6.45) is 3.38. The van der Waals surface area contributed by atoms with E-state index in [4.69, 9.17) is 11.6 Å². The molecule has 21 heavy (non-hydrogen) atoms. The summed E-state index contributed by atoms with van der Waals surface area (Å²) in [4.78, 5) is 12.7. The van der Waals surface area contributed by atoms with Gasteiger partial charge < -0.3 is 5.32 Å². The molecule has 0 spiro atoms. The highest BCUT2D eigenvalue weighted by atomic mass is 35.5. The van der Waals surface area contributed by atoms with Gasteiger partial charge in [0.25, 0.3) is 0 Å². The number of aryl methyl sites for hydroxylation is 1. The molecule has 3 aromatic rings. The molecular formula is C16H13ClN4. The fourth-order valence-corrected chi connectivity index (χ4v) is 2.17. The third-order valence-corrected chi connectivity index (χ3v) is 3.16. The monoisotopic (exact) mass is 296 g/mol. The van der Waals surface area contributed by atoms with E-state index in [1.54, 1.807) is 18.5 Å². The molecule has 104 valence electrons. The smallest absolute Gasteiger partial charge is 0.227 e. The number of nitrogens with zero attached hydrogens (tertiary/aromatic N) is 3. The van der Waals surface area contributed by atoms with Crippen LogP contribution < -0.4 is 5.32 Å². The normalized spacial score (nSPS) is 10.4. The van der Waals surface area contributed by atoms with E-state index in [1.165, 1.54) is 5.56 Å². The zero-order valence-electron chi connectivity index (χ0n) is 11.4. The topological polar surface area (TPSA) is 50.7 Å². The number of hydrogen-bond donors (Lipinski definition) is 1. The van der Waals surface area contributed by atoms with Crippen LogP contribution in [-0.4, -0.2) is 15.0 Å². The van der Waals surface area contributed by atoms with Crippen LogP contribution in [0, 0.1) is 6.92 Å². The first-order chi connectivity index (χ1) is 10.2. The number of nitrogens with one attached hydrogen (secondary N) is 1. The van der Waals surface area contributed by atoms with Crippen LogP contribution in [0.3, 0.4) is 0 Å². The van der Waals surface area contributed by atoms with E-state index in [0.29, 0.717) is 11.1 Å². The van der Waals surface area contributed by atoms with Gasteiger partial charge in [-0.3, -0.25) is 0 Å². The highest BCUT2D eigenvalue weighted by Crippen LogP contribution is 2.21. The number of pyridine rings is 1. The first-order valence-electron chi connectivity index (χ1n) is 6.49. The van der Waals surface area contributed by atoms with Crippen LogP contribution >= 0.6 is 11.6 Å². The summed E-state index contributed by atoms with van der Waals surface area (Å²) in [6, 6.07) is 13.5. The van der Waals surface area contributed by atoms with Crippen molar-refractivity contribution in [3.05, 3.63) is 65.6 Å². The molecule has 0 saturated heterocycles. The van der Waals surface area contributed by atoms with Crippen molar-refractivity contribution >= 4 is 23.2 Å². The number of halogens is 1. The van der Waals surface area contributed by atoms with Gasteiger partial charge in [0.2, 0.25) is 5.95 Å². The van der Waals surface area contributed by atoms with Gasteiger partial charge in [0.1, 0.15) is 5.15 Å². The molecule has 1 aromatic carbocycles. The molecule has 0 fully saturated rings. The van der Waals surface area contributed by atoms with E-state index in [1.807, 2.05) is 43.3 Å². The van der Waals surface area contributed by atoms with E-state index in [2.05, 4.69) is 20.3 Å². The number of rotatable bonds is 3. The van der Waals surface area contributed by atoms with Gasteiger partial charge in [-0.05, 0) is 42.8 Å². The predicted octanol–water partition coefficient (Wildman–Crippen LogP) is 4.24. The Labute approximate surface area is 127 Å². The molecule has 1 N–H and O–H groups in total. The molecule has 2 aromatic heterocycles. The van der Waals surface area contributed by atoms with Gasteiger partial charge in [0.15, 0.2) is 0 Å². The zero-order chi connectivity index (χ0) is 14.7. The molecule has 0 aliphatic carbocycles. The summed E-state index contributed by atoms with van der Waals surface area (Å²) >= 11 is 5.91. The minimum atomic E-state index is 0.444. The summed E-state index contributed by atoms with van der Waals surface area (Å²) in [5.74, 6) is 0.547. The summed E-state index contributed by atoms with van der Waals surface area (Å²) in [6.45, 7) is 2.04. The Morgan fingerprint density at radius 3 is 2.67 bits per heavy atom. The standard InChI is InChI=1S/C16H13ClN4/c1-11-3-2-4-13(9-11)20-16-19-8-6-14(21-16)12-5-7-18-15(17)10-12/h2-10H,1H3,(H,19,20,21). The SMILES string of the molecule is Cc1cccc(Nc2nccc(-c3ccnc(Cl)c3)n2)c1. The van der Waals surface area contributed by atoms with Gasteiger partial charge >= 0.3 is 0 Å². The molecule has 0 aliphatic heterocycles. The predicted molar refractivity (Wildman–Crippen MR) is 84.7 cm³/mol. The third-order valence-electron chi connectivity index (χ3n) is 2.95. The van der Waals surface area contributed by atoms with Crippen molar-refractivity contribution in [3.8, 4) is 11.3 Å². The van der Waals surface area contributed by atoms with Gasteiger partial charge in [-0.1, -0.05) is 23.7 Å². The second kappa shape index (κ2) is 5.89. The summed E-state index contributed by atoms with van der Waals surface area (Å²) < 4.78 is 0. The molecule has 0 unspecified atom stereocenters. The van der Waals surface area contributed by atoms with Crippen LogP contribution in [-0.2, 0) is 0 Å². The lowest BCUT2D eigenvalue weighted by Gasteiger charge is -2.07. The van der Waals surface area contributed by atoms with Crippen molar-refractivity contribution in [2.24, 2.45) is 0 Å². The maximum atomic E-state index is 5.91. The molecule has 0 radical (unpaired) electrons. The molecule has 3 rings (SSSR count). The van der Waals surface area contributed by atoms with Gasteiger partial charge in [0, 0.05) is 23.6 Å². The number of benzene rings is 1. The van der Waals surface area contributed by atoms with Crippen LogP contribution in [0.15, 0.2) is 54.9 Å². The molecular weight excluding hydrogens is 284 g/mol. The zero-order valence-corrected chi connectivity index (χ0v) is 12.2. The molecule has 0 amide bonds. The molecule has 0 atom stereocenters. The lowest BCUT2D eigenvalue weighted by molar-refractivity contribution is 1.17. The van der Waals surface area contributed by atoms with E-state index in [0.717, 1.165) is 16.9 Å². The quantitative estimate of drug-likeness (QED) is 0.734. The molecule has 4 nitrogen and oxygen atoms in total. The largest absolute Gasteiger partial charge is 0.324 e. The second-order valence-electron chi connectivity index (χ2n) is 4.63. The fourth-order valence-electron chi connectivity index (χ4n) is 1.99. The van der Waals surface area contributed by atoms with Crippen LogP contribution in [0.4, 0.5) is 11.6 Å². The highest BCUT2D eigenvalue weighted by molar-refractivity contribution is 6.29. The maximum Gasteiger partial charge on any atom is 0.227 e. The Morgan fingerprint density at radius 2 is 1.86 bits per heavy atom. The Balaban J connectivity index is 1.90. The van der Waals surface area contributed by atoms with Crippen LogP contribution in [0.5, 0.6) is 0 Å². The van der Waals surface area contributed by atoms with Crippen LogP contribution in [0.1, 0.15) is 5.56 Å².